The van der Waals surface area contributed by atoms with E-state index in [0.717, 1.165) is 11.6 Å². The lowest BCUT2D eigenvalue weighted by atomic mass is 10.1. The Morgan fingerprint density at radius 2 is 2.05 bits per heavy atom. The molecule has 0 bridgehead atoms. The van der Waals surface area contributed by atoms with Crippen LogP contribution in [-0.2, 0) is 0 Å². The van der Waals surface area contributed by atoms with Crippen molar-refractivity contribution >= 4 is 17.3 Å². The molecule has 2 aromatic carbocycles. The number of nitriles is 1. The summed E-state index contributed by atoms with van der Waals surface area (Å²) in [4.78, 5) is 12.0. The Morgan fingerprint density at radius 3 is 2.65 bits per heavy atom. The maximum Gasteiger partial charge on any atom is 0.255 e. The number of nitrogens with two attached hydrogens (primary N) is 1. The first-order valence-corrected chi connectivity index (χ1v) is 5.88. The number of rotatable bonds is 2. The van der Waals surface area contributed by atoms with Gasteiger partial charge in [0.05, 0.1) is 17.3 Å². The number of nitrogens with one attached hydrogen (secondary N) is 1. The fraction of sp³-hybridized carbons (Fsp3) is 0.0667. The first-order chi connectivity index (χ1) is 9.49. The van der Waals surface area contributed by atoms with Gasteiger partial charge in [-0.1, -0.05) is 0 Å². The van der Waals surface area contributed by atoms with E-state index in [4.69, 9.17) is 11.0 Å². The predicted molar refractivity (Wildman–Crippen MR) is 74.7 cm³/mol. The third-order valence-electron chi connectivity index (χ3n) is 2.71. The van der Waals surface area contributed by atoms with Gasteiger partial charge in [-0.2, -0.15) is 5.26 Å². The molecule has 0 saturated heterocycles. The second-order valence-corrected chi connectivity index (χ2v) is 4.39. The Bertz CT molecular complexity index is 699. The minimum Gasteiger partial charge on any atom is -0.399 e. The van der Waals surface area contributed by atoms with Crippen molar-refractivity contribution in [2.75, 3.05) is 11.1 Å². The van der Waals surface area contributed by atoms with Gasteiger partial charge in [0.1, 0.15) is 5.82 Å². The monoisotopic (exact) mass is 269 g/mol. The SMILES string of the molecule is Cc1cc(N)cc(C(=O)Nc2ccc(C#N)cc2F)c1. The zero-order valence-electron chi connectivity index (χ0n) is 10.8. The molecular weight excluding hydrogens is 257 g/mol. The number of carbonyl (C=O) groups is 1. The standard InChI is InChI=1S/C15H12FN3O/c1-9-4-11(7-12(18)5-9)15(20)19-14-3-2-10(8-17)6-13(14)16/h2-7H,18H2,1H3,(H,19,20). The number of nitrogen functional groups attached to an aromatic ring is 1. The van der Waals surface area contributed by atoms with Gasteiger partial charge in [0, 0.05) is 11.3 Å². The van der Waals surface area contributed by atoms with E-state index in [1.54, 1.807) is 12.1 Å². The first-order valence-electron chi connectivity index (χ1n) is 5.88. The smallest absolute Gasteiger partial charge is 0.255 e. The van der Waals surface area contributed by atoms with Crippen LogP contribution in [0.1, 0.15) is 21.5 Å². The van der Waals surface area contributed by atoms with Gasteiger partial charge in [0.2, 0.25) is 0 Å². The minimum absolute atomic E-state index is 0.0223. The molecule has 0 aliphatic heterocycles. The fourth-order valence-electron chi connectivity index (χ4n) is 1.82. The number of nitrogens with zero attached hydrogens (tertiary/aromatic N) is 1. The highest BCUT2D eigenvalue weighted by Crippen LogP contribution is 2.18. The highest BCUT2D eigenvalue weighted by molar-refractivity contribution is 6.05. The molecule has 100 valence electrons. The molecule has 0 saturated carbocycles. The van der Waals surface area contributed by atoms with Crippen LogP contribution >= 0.6 is 0 Å². The Kier molecular flexibility index (Phi) is 3.67. The number of carbonyl (C=O) groups excluding carboxylic acids is 1. The van der Waals surface area contributed by atoms with Crippen molar-refractivity contribution in [3.05, 3.63) is 58.9 Å². The summed E-state index contributed by atoms with van der Waals surface area (Å²) in [6.07, 6.45) is 0. The maximum absolute atomic E-state index is 13.7. The van der Waals surface area contributed by atoms with Crippen LogP contribution in [0.3, 0.4) is 0 Å². The number of anilines is 2. The van der Waals surface area contributed by atoms with E-state index in [9.17, 15) is 9.18 Å². The molecule has 0 aliphatic rings. The molecular formula is C15H12FN3O. The van der Waals surface area contributed by atoms with Crippen LogP contribution in [0.25, 0.3) is 0 Å². The van der Waals surface area contributed by atoms with Gasteiger partial charge in [-0.15, -0.1) is 0 Å². The average Bonchev–Trinajstić information content (AvgIpc) is 2.39. The van der Waals surface area contributed by atoms with Gasteiger partial charge in [-0.3, -0.25) is 4.79 Å². The lowest BCUT2D eigenvalue weighted by Crippen LogP contribution is -2.13. The predicted octanol–water partition coefficient (Wildman–Crippen LogP) is 2.84. The molecule has 2 aromatic rings. The quantitative estimate of drug-likeness (QED) is 0.823. The number of aryl methyl sites for hydroxylation is 1. The summed E-state index contributed by atoms with van der Waals surface area (Å²) >= 11 is 0. The molecule has 0 unspecified atom stereocenters. The van der Waals surface area contributed by atoms with Crippen LogP contribution in [0.5, 0.6) is 0 Å². The number of amides is 1. The molecule has 20 heavy (non-hydrogen) atoms. The molecule has 3 N–H and O–H groups in total. The zero-order valence-corrected chi connectivity index (χ0v) is 10.8. The van der Waals surface area contributed by atoms with E-state index >= 15 is 0 Å². The van der Waals surface area contributed by atoms with Crippen molar-refractivity contribution in [3.63, 3.8) is 0 Å². The molecule has 0 heterocycles. The van der Waals surface area contributed by atoms with Crippen LogP contribution in [0.15, 0.2) is 36.4 Å². The van der Waals surface area contributed by atoms with E-state index in [-0.39, 0.29) is 11.3 Å². The fourth-order valence-corrected chi connectivity index (χ4v) is 1.82. The van der Waals surface area contributed by atoms with Crippen LogP contribution in [0, 0.1) is 24.1 Å². The molecule has 2 rings (SSSR count). The lowest BCUT2D eigenvalue weighted by Gasteiger charge is -2.08. The van der Waals surface area contributed by atoms with E-state index in [2.05, 4.69) is 5.32 Å². The van der Waals surface area contributed by atoms with Crippen molar-refractivity contribution in [2.45, 2.75) is 6.92 Å². The first kappa shape index (κ1) is 13.6. The topological polar surface area (TPSA) is 78.9 Å². The summed E-state index contributed by atoms with van der Waals surface area (Å²) in [5, 5.41) is 11.1. The van der Waals surface area contributed by atoms with Crippen molar-refractivity contribution in [3.8, 4) is 6.07 Å². The van der Waals surface area contributed by atoms with Crippen molar-refractivity contribution in [2.24, 2.45) is 0 Å². The van der Waals surface area contributed by atoms with Crippen molar-refractivity contribution in [1.82, 2.24) is 0 Å². The van der Waals surface area contributed by atoms with E-state index in [0.29, 0.717) is 11.3 Å². The molecule has 0 aromatic heterocycles. The van der Waals surface area contributed by atoms with E-state index in [1.807, 2.05) is 13.0 Å². The van der Waals surface area contributed by atoms with Gasteiger partial charge in [-0.05, 0) is 48.9 Å². The van der Waals surface area contributed by atoms with Crippen molar-refractivity contribution in [1.29, 1.82) is 5.26 Å². The molecule has 0 fully saturated rings. The van der Waals surface area contributed by atoms with Crippen LogP contribution in [0.2, 0.25) is 0 Å². The summed E-state index contributed by atoms with van der Waals surface area (Å²) in [6, 6.07) is 10.6. The largest absolute Gasteiger partial charge is 0.399 e. The Balaban J connectivity index is 2.26. The number of hydrogen-bond acceptors (Lipinski definition) is 3. The third-order valence-corrected chi connectivity index (χ3v) is 2.71. The Labute approximate surface area is 115 Å². The molecule has 0 radical (unpaired) electrons. The number of hydrogen-bond donors (Lipinski definition) is 2. The van der Waals surface area contributed by atoms with E-state index < -0.39 is 11.7 Å². The summed E-state index contributed by atoms with van der Waals surface area (Å²) in [7, 11) is 0. The molecule has 0 aliphatic carbocycles. The summed E-state index contributed by atoms with van der Waals surface area (Å²) in [5.41, 5.74) is 7.55. The average molecular weight is 269 g/mol. The zero-order chi connectivity index (χ0) is 14.7. The summed E-state index contributed by atoms with van der Waals surface area (Å²) < 4.78 is 13.7. The third kappa shape index (κ3) is 2.93. The van der Waals surface area contributed by atoms with Gasteiger partial charge in [-0.25, -0.2) is 4.39 Å². The molecule has 0 atom stereocenters. The highest BCUT2D eigenvalue weighted by atomic mass is 19.1. The lowest BCUT2D eigenvalue weighted by molar-refractivity contribution is 0.102. The molecule has 1 amide bonds. The highest BCUT2D eigenvalue weighted by Gasteiger charge is 2.10. The molecule has 5 heteroatoms. The summed E-state index contributed by atoms with van der Waals surface area (Å²) in [5.74, 6) is -1.11. The maximum atomic E-state index is 13.7. The van der Waals surface area contributed by atoms with Crippen LogP contribution < -0.4 is 11.1 Å². The van der Waals surface area contributed by atoms with Crippen LogP contribution in [-0.4, -0.2) is 5.91 Å². The van der Waals surface area contributed by atoms with Gasteiger partial charge in [0.25, 0.3) is 5.91 Å². The van der Waals surface area contributed by atoms with E-state index in [1.165, 1.54) is 18.2 Å². The molecule has 0 spiro atoms. The van der Waals surface area contributed by atoms with Gasteiger partial charge < -0.3 is 11.1 Å². The van der Waals surface area contributed by atoms with Crippen molar-refractivity contribution < 1.29 is 9.18 Å². The second kappa shape index (κ2) is 5.41. The Morgan fingerprint density at radius 1 is 1.30 bits per heavy atom. The molecule has 4 nitrogen and oxygen atoms in total. The van der Waals surface area contributed by atoms with Gasteiger partial charge in [0.15, 0.2) is 0 Å². The number of benzene rings is 2. The van der Waals surface area contributed by atoms with Crippen LogP contribution in [0.4, 0.5) is 15.8 Å². The Hall–Kier alpha value is -2.87. The number of halogens is 1. The van der Waals surface area contributed by atoms with Gasteiger partial charge >= 0.3 is 0 Å². The normalized spacial score (nSPS) is 9.85. The second-order valence-electron chi connectivity index (χ2n) is 4.39. The summed E-state index contributed by atoms with van der Waals surface area (Å²) in [6.45, 7) is 1.81. The minimum atomic E-state index is -0.655.